The van der Waals surface area contributed by atoms with Crippen LogP contribution in [0.3, 0.4) is 0 Å². The fraction of sp³-hybridized carbons (Fsp3) is 0. The smallest absolute Gasteiger partial charge is 0.160 e. The van der Waals surface area contributed by atoms with Crippen LogP contribution in [-0.4, -0.2) is 19.9 Å². The fourth-order valence-electron chi connectivity index (χ4n) is 6.59. The normalized spacial score (nSPS) is 11.5. The maximum atomic E-state index is 5.33. The Hall–Kier alpha value is -6.26. The monoisotopic (exact) mass is 586 g/mol. The lowest BCUT2D eigenvalue weighted by Gasteiger charge is -2.16. The van der Waals surface area contributed by atoms with Gasteiger partial charge in [-0.1, -0.05) is 127 Å². The summed E-state index contributed by atoms with van der Waals surface area (Å²) in [5.41, 5.74) is 8.69. The van der Waals surface area contributed by atoms with Crippen LogP contribution >= 0.6 is 0 Å². The highest BCUT2D eigenvalue weighted by molar-refractivity contribution is 6.32. The van der Waals surface area contributed by atoms with E-state index in [1.54, 1.807) is 0 Å². The predicted octanol–water partition coefficient (Wildman–Crippen LogP) is 10.5. The SMILES string of the molecule is c1ccc(-c2cc(-c3ccccc3)nc(-c3cccc(-c4nc5ccccc5c5c6cccnc6c6ccccc6c45)c3)n2)cc1. The van der Waals surface area contributed by atoms with Crippen LogP contribution in [-0.2, 0) is 0 Å². The maximum Gasteiger partial charge on any atom is 0.160 e. The van der Waals surface area contributed by atoms with E-state index in [9.17, 15) is 0 Å². The van der Waals surface area contributed by atoms with Gasteiger partial charge >= 0.3 is 0 Å². The van der Waals surface area contributed by atoms with Gasteiger partial charge in [0.1, 0.15) is 0 Å². The van der Waals surface area contributed by atoms with E-state index >= 15 is 0 Å². The van der Waals surface area contributed by atoms with Gasteiger partial charge in [0.25, 0.3) is 0 Å². The zero-order chi connectivity index (χ0) is 30.5. The van der Waals surface area contributed by atoms with Gasteiger partial charge in [0.05, 0.1) is 28.1 Å². The van der Waals surface area contributed by atoms with Crippen LogP contribution in [0.4, 0.5) is 0 Å². The number of para-hydroxylation sites is 1. The number of pyridine rings is 2. The quantitative estimate of drug-likeness (QED) is 0.193. The second kappa shape index (κ2) is 10.7. The Labute approximate surface area is 265 Å². The highest BCUT2D eigenvalue weighted by atomic mass is 14.9. The van der Waals surface area contributed by atoms with Crippen LogP contribution in [0.15, 0.2) is 158 Å². The highest BCUT2D eigenvalue weighted by Crippen LogP contribution is 2.42. The lowest BCUT2D eigenvalue weighted by Crippen LogP contribution is -1.97. The molecule has 9 rings (SSSR count). The van der Waals surface area contributed by atoms with Gasteiger partial charge < -0.3 is 0 Å². The van der Waals surface area contributed by atoms with Crippen molar-refractivity contribution in [3.05, 3.63) is 158 Å². The van der Waals surface area contributed by atoms with Crippen molar-refractivity contribution in [3.8, 4) is 45.2 Å². The van der Waals surface area contributed by atoms with Gasteiger partial charge in [-0.2, -0.15) is 0 Å². The molecule has 214 valence electrons. The molecular weight excluding hydrogens is 560 g/mol. The van der Waals surface area contributed by atoms with Crippen molar-refractivity contribution in [1.29, 1.82) is 0 Å². The lowest BCUT2D eigenvalue weighted by molar-refractivity contribution is 1.18. The minimum atomic E-state index is 0.673. The molecule has 3 heterocycles. The molecule has 3 aromatic heterocycles. The number of nitrogens with zero attached hydrogens (tertiary/aromatic N) is 4. The third kappa shape index (κ3) is 4.31. The molecule has 6 aromatic carbocycles. The minimum Gasteiger partial charge on any atom is -0.256 e. The molecule has 0 radical (unpaired) electrons. The van der Waals surface area contributed by atoms with Gasteiger partial charge in [0.2, 0.25) is 0 Å². The molecule has 0 spiro atoms. The average molecular weight is 587 g/mol. The van der Waals surface area contributed by atoms with Crippen LogP contribution in [0.25, 0.3) is 88.5 Å². The molecule has 0 unspecified atom stereocenters. The van der Waals surface area contributed by atoms with Crippen molar-refractivity contribution in [3.63, 3.8) is 0 Å². The molecule has 0 atom stereocenters. The number of hydrogen-bond acceptors (Lipinski definition) is 4. The van der Waals surface area contributed by atoms with Gasteiger partial charge in [-0.25, -0.2) is 15.0 Å². The Morgan fingerprint density at radius 2 is 0.957 bits per heavy atom. The third-order valence-corrected chi connectivity index (χ3v) is 8.68. The van der Waals surface area contributed by atoms with Crippen molar-refractivity contribution < 1.29 is 0 Å². The van der Waals surface area contributed by atoms with Crippen molar-refractivity contribution in [2.75, 3.05) is 0 Å². The molecular formula is C42H26N4. The summed E-state index contributed by atoms with van der Waals surface area (Å²) in [5, 5.41) is 6.78. The van der Waals surface area contributed by atoms with Gasteiger partial charge in [-0.15, -0.1) is 0 Å². The molecule has 0 N–H and O–H groups in total. The Bertz CT molecular complexity index is 2520. The van der Waals surface area contributed by atoms with Crippen LogP contribution in [0.2, 0.25) is 0 Å². The van der Waals surface area contributed by atoms with Crippen molar-refractivity contribution in [2.45, 2.75) is 0 Å². The highest BCUT2D eigenvalue weighted by Gasteiger charge is 2.19. The summed E-state index contributed by atoms with van der Waals surface area (Å²) in [4.78, 5) is 20.4. The molecule has 0 aliphatic carbocycles. The molecule has 46 heavy (non-hydrogen) atoms. The van der Waals surface area contributed by atoms with Crippen LogP contribution < -0.4 is 0 Å². The first-order valence-corrected chi connectivity index (χ1v) is 15.4. The van der Waals surface area contributed by atoms with E-state index in [2.05, 4.69) is 109 Å². The predicted molar refractivity (Wildman–Crippen MR) is 189 cm³/mol. The number of rotatable bonds is 4. The van der Waals surface area contributed by atoms with Crippen LogP contribution in [0.1, 0.15) is 0 Å². The zero-order valence-electron chi connectivity index (χ0n) is 24.8. The van der Waals surface area contributed by atoms with Gasteiger partial charge in [-0.3, -0.25) is 4.98 Å². The summed E-state index contributed by atoms with van der Waals surface area (Å²) in [6.45, 7) is 0. The molecule has 4 heteroatoms. The minimum absolute atomic E-state index is 0.673. The molecule has 9 aromatic rings. The Kier molecular flexibility index (Phi) is 6.10. The fourth-order valence-corrected chi connectivity index (χ4v) is 6.59. The van der Waals surface area contributed by atoms with Gasteiger partial charge in [0.15, 0.2) is 5.82 Å². The van der Waals surface area contributed by atoms with E-state index in [-0.39, 0.29) is 0 Å². The molecule has 0 aliphatic heterocycles. The van der Waals surface area contributed by atoms with E-state index in [0.29, 0.717) is 5.82 Å². The number of aromatic nitrogens is 4. The average Bonchev–Trinajstić information content (AvgIpc) is 3.15. The topological polar surface area (TPSA) is 51.6 Å². The summed E-state index contributed by atoms with van der Waals surface area (Å²) in [7, 11) is 0. The summed E-state index contributed by atoms with van der Waals surface area (Å²) in [6, 6.07) is 52.3. The summed E-state index contributed by atoms with van der Waals surface area (Å²) >= 11 is 0. The number of benzene rings is 6. The van der Waals surface area contributed by atoms with Crippen LogP contribution in [0.5, 0.6) is 0 Å². The maximum absolute atomic E-state index is 5.33. The molecule has 0 fully saturated rings. The van der Waals surface area contributed by atoms with Crippen molar-refractivity contribution in [2.24, 2.45) is 0 Å². The van der Waals surface area contributed by atoms with Crippen molar-refractivity contribution in [1.82, 2.24) is 19.9 Å². The first-order chi connectivity index (χ1) is 22.8. The van der Waals surface area contributed by atoms with Crippen molar-refractivity contribution >= 4 is 43.4 Å². The third-order valence-electron chi connectivity index (χ3n) is 8.68. The number of hydrogen-bond donors (Lipinski definition) is 0. The molecule has 0 aliphatic rings. The Morgan fingerprint density at radius 1 is 0.370 bits per heavy atom. The van der Waals surface area contributed by atoms with E-state index < -0.39 is 0 Å². The summed E-state index contributed by atoms with van der Waals surface area (Å²) in [5.74, 6) is 0.673. The molecule has 4 nitrogen and oxygen atoms in total. The largest absolute Gasteiger partial charge is 0.256 e. The lowest BCUT2D eigenvalue weighted by atomic mass is 9.91. The Morgan fingerprint density at radius 3 is 1.70 bits per heavy atom. The van der Waals surface area contributed by atoms with E-state index in [4.69, 9.17) is 19.9 Å². The molecule has 0 saturated carbocycles. The number of fused-ring (bicyclic) bond motifs is 8. The van der Waals surface area contributed by atoms with E-state index in [0.717, 1.165) is 77.3 Å². The first-order valence-electron chi connectivity index (χ1n) is 15.4. The first kappa shape index (κ1) is 26.2. The molecule has 0 saturated heterocycles. The molecule has 0 bridgehead atoms. The standard InChI is InChI=1S/C42H26N4/c1-3-13-27(14-4-1)36-26-37(28-15-5-2-6-16-28)46-42(45-36)30-18-11-17-29(25-30)40-39-31-19-7-8-20-32(31)41-34(22-12-24-43-41)38(39)33-21-9-10-23-35(33)44-40/h1-26H. The summed E-state index contributed by atoms with van der Waals surface area (Å²) < 4.78 is 0. The van der Waals surface area contributed by atoms with Crippen LogP contribution in [0, 0.1) is 0 Å². The van der Waals surface area contributed by atoms with Gasteiger partial charge in [0, 0.05) is 55.4 Å². The van der Waals surface area contributed by atoms with Gasteiger partial charge in [-0.05, 0) is 29.7 Å². The molecule has 0 amide bonds. The second-order valence-electron chi connectivity index (χ2n) is 11.4. The second-order valence-corrected chi connectivity index (χ2v) is 11.4. The summed E-state index contributed by atoms with van der Waals surface area (Å²) in [6.07, 6.45) is 1.88. The Balaban J connectivity index is 1.33. The zero-order valence-corrected chi connectivity index (χ0v) is 24.8. The van der Waals surface area contributed by atoms with E-state index in [1.165, 1.54) is 5.39 Å². The van der Waals surface area contributed by atoms with E-state index in [1.807, 2.05) is 48.7 Å².